The highest BCUT2D eigenvalue weighted by Gasteiger charge is 1.92. The van der Waals surface area contributed by atoms with Crippen LogP contribution >= 0.6 is 0 Å². The lowest BCUT2D eigenvalue weighted by molar-refractivity contribution is 1.17. The van der Waals surface area contributed by atoms with E-state index in [1.165, 1.54) is 6.33 Å². The van der Waals surface area contributed by atoms with E-state index in [1.54, 1.807) is 13.2 Å². The third kappa shape index (κ3) is 2.54. The topological polar surface area (TPSA) is 63.8 Å². The third-order valence-electron chi connectivity index (χ3n) is 1.01. The lowest BCUT2D eigenvalue weighted by atomic mass is 10.5. The zero-order chi connectivity index (χ0) is 8.69. The minimum atomic E-state index is 0.479. The zero-order valence-electron chi connectivity index (χ0n) is 6.28. The largest absolute Gasteiger partial charge is 0.384 e. The van der Waals surface area contributed by atoms with Crippen LogP contribution in [0.5, 0.6) is 0 Å². The summed E-state index contributed by atoms with van der Waals surface area (Å²) in [4.78, 5) is 7.52. The summed E-state index contributed by atoms with van der Waals surface area (Å²) < 4.78 is 0. The molecule has 58 valence electrons. The summed E-state index contributed by atoms with van der Waals surface area (Å²) in [6.45, 7) is 0. The van der Waals surface area contributed by atoms with Gasteiger partial charge in [-0.2, -0.15) is 0 Å². The van der Waals surface area contributed by atoms with Crippen LogP contribution in [-0.4, -0.2) is 17.0 Å². The number of nitrogens with one attached hydrogen (secondary N) is 1. The summed E-state index contributed by atoms with van der Waals surface area (Å²) in [7, 11) is 1.77. The second-order valence-electron chi connectivity index (χ2n) is 1.57. The van der Waals surface area contributed by atoms with Crippen molar-refractivity contribution in [3.63, 3.8) is 0 Å². The van der Waals surface area contributed by atoms with E-state index in [0.29, 0.717) is 5.82 Å². The highest BCUT2D eigenvalue weighted by Crippen LogP contribution is 2.09. The van der Waals surface area contributed by atoms with Crippen LogP contribution in [0.1, 0.15) is 0 Å². The molecule has 1 aromatic heterocycles. The molecule has 0 amide bonds. The van der Waals surface area contributed by atoms with Crippen molar-refractivity contribution in [2.45, 2.75) is 0 Å². The second-order valence-corrected chi connectivity index (χ2v) is 1.57. The maximum absolute atomic E-state index is 5.42. The van der Waals surface area contributed by atoms with Crippen molar-refractivity contribution in [3.05, 3.63) is 12.5 Å². The molecule has 0 aliphatic heterocycles. The average molecular weight is 150 g/mol. The summed E-state index contributed by atoms with van der Waals surface area (Å²) in [5.41, 5.74) is 6.18. The molecule has 0 aliphatic carbocycles. The molecule has 0 atom stereocenters. The fourth-order valence-electron chi connectivity index (χ4n) is 0.532. The summed E-state index contributed by atoms with van der Waals surface area (Å²) in [5.74, 6) is 0.479. The van der Waals surface area contributed by atoms with E-state index >= 15 is 0 Å². The van der Waals surface area contributed by atoms with Gasteiger partial charge in [0.25, 0.3) is 0 Å². The molecule has 0 radical (unpaired) electrons. The normalized spacial score (nSPS) is 7.55. The van der Waals surface area contributed by atoms with E-state index in [1.807, 2.05) is 0 Å². The molecular weight excluding hydrogens is 140 g/mol. The zero-order valence-corrected chi connectivity index (χ0v) is 6.28. The molecule has 0 bridgehead atoms. The number of nitrogen functional groups attached to an aromatic ring is 1. The molecular formula is C7H10N4. The van der Waals surface area contributed by atoms with E-state index in [2.05, 4.69) is 28.1 Å². The van der Waals surface area contributed by atoms with E-state index in [0.717, 1.165) is 5.69 Å². The predicted octanol–water partition coefficient (Wildman–Crippen LogP) is 0.350. The van der Waals surface area contributed by atoms with Gasteiger partial charge in [0.2, 0.25) is 0 Å². The Hall–Kier alpha value is -1.76. The van der Waals surface area contributed by atoms with E-state index in [4.69, 9.17) is 5.73 Å². The Balaban J connectivity index is 0.000000461. The molecule has 0 saturated carbocycles. The Morgan fingerprint density at radius 3 is 2.55 bits per heavy atom. The minimum absolute atomic E-state index is 0.479. The van der Waals surface area contributed by atoms with Crippen molar-refractivity contribution in [2.75, 3.05) is 18.1 Å². The fraction of sp³-hybridized carbons (Fsp3) is 0.143. The van der Waals surface area contributed by atoms with Gasteiger partial charge in [0.1, 0.15) is 12.1 Å². The van der Waals surface area contributed by atoms with Crippen LogP contribution in [0.4, 0.5) is 11.5 Å². The molecule has 0 aromatic carbocycles. The van der Waals surface area contributed by atoms with Gasteiger partial charge in [-0.05, 0) is 0 Å². The first-order valence-electron chi connectivity index (χ1n) is 2.91. The van der Waals surface area contributed by atoms with Crippen molar-refractivity contribution in [1.82, 2.24) is 9.97 Å². The van der Waals surface area contributed by atoms with Gasteiger partial charge in [-0.15, -0.1) is 12.8 Å². The smallest absolute Gasteiger partial charge is 0.150 e. The van der Waals surface area contributed by atoms with Crippen LogP contribution in [0.25, 0.3) is 0 Å². The number of hydrogen-bond donors (Lipinski definition) is 2. The first-order valence-corrected chi connectivity index (χ1v) is 2.91. The number of anilines is 2. The number of hydrogen-bond acceptors (Lipinski definition) is 4. The lowest BCUT2D eigenvalue weighted by Crippen LogP contribution is -1.98. The quantitative estimate of drug-likeness (QED) is 0.567. The van der Waals surface area contributed by atoms with E-state index in [9.17, 15) is 0 Å². The van der Waals surface area contributed by atoms with Gasteiger partial charge >= 0.3 is 0 Å². The molecule has 11 heavy (non-hydrogen) atoms. The maximum atomic E-state index is 5.42. The third-order valence-corrected chi connectivity index (χ3v) is 1.01. The van der Waals surface area contributed by atoms with Crippen LogP contribution in [0, 0.1) is 12.8 Å². The summed E-state index contributed by atoms with van der Waals surface area (Å²) in [6, 6.07) is 0. The SMILES string of the molecule is C#C.CNc1cncnc1N. The standard InChI is InChI=1S/C5H8N4.C2H2/c1-7-4-2-8-3-9-5(4)6;1-2/h2-3,7H,1H3,(H2,6,8,9);1-2H. The molecule has 0 spiro atoms. The van der Waals surface area contributed by atoms with Gasteiger partial charge in [0.05, 0.1) is 11.9 Å². The first kappa shape index (κ1) is 9.24. The number of rotatable bonds is 1. The van der Waals surface area contributed by atoms with Crippen LogP contribution in [0.15, 0.2) is 12.5 Å². The molecule has 1 aromatic rings. The minimum Gasteiger partial charge on any atom is -0.384 e. The molecule has 1 rings (SSSR count). The molecule has 4 heteroatoms. The van der Waals surface area contributed by atoms with Gasteiger partial charge < -0.3 is 11.1 Å². The Labute approximate surface area is 65.9 Å². The van der Waals surface area contributed by atoms with Crippen LogP contribution in [-0.2, 0) is 0 Å². The predicted molar refractivity (Wildman–Crippen MR) is 45.9 cm³/mol. The van der Waals surface area contributed by atoms with Gasteiger partial charge in [-0.1, -0.05) is 0 Å². The van der Waals surface area contributed by atoms with Crippen molar-refractivity contribution >= 4 is 11.5 Å². The van der Waals surface area contributed by atoms with Crippen LogP contribution < -0.4 is 11.1 Å². The highest BCUT2D eigenvalue weighted by molar-refractivity contribution is 5.58. The van der Waals surface area contributed by atoms with Crippen LogP contribution in [0.3, 0.4) is 0 Å². The number of terminal acetylenes is 1. The van der Waals surface area contributed by atoms with Gasteiger partial charge in [-0.25, -0.2) is 9.97 Å². The van der Waals surface area contributed by atoms with Gasteiger partial charge in [0, 0.05) is 7.05 Å². The average Bonchev–Trinajstić information content (AvgIpc) is 2.09. The molecule has 0 aliphatic rings. The Kier molecular flexibility index (Phi) is 4.25. The first-order chi connectivity index (χ1) is 5.34. The Morgan fingerprint density at radius 1 is 1.55 bits per heavy atom. The van der Waals surface area contributed by atoms with Crippen molar-refractivity contribution < 1.29 is 0 Å². The highest BCUT2D eigenvalue weighted by atomic mass is 15.0. The van der Waals surface area contributed by atoms with Crippen LogP contribution in [0.2, 0.25) is 0 Å². The molecule has 0 fully saturated rings. The Morgan fingerprint density at radius 2 is 2.18 bits per heavy atom. The van der Waals surface area contributed by atoms with E-state index < -0.39 is 0 Å². The molecule has 4 nitrogen and oxygen atoms in total. The monoisotopic (exact) mass is 150 g/mol. The summed E-state index contributed by atoms with van der Waals surface area (Å²) in [6.07, 6.45) is 11.0. The molecule has 0 saturated heterocycles. The number of aromatic nitrogens is 2. The Bertz CT molecular complexity index is 231. The number of nitrogens with two attached hydrogens (primary N) is 1. The summed E-state index contributed by atoms with van der Waals surface area (Å²) in [5, 5.41) is 2.85. The van der Waals surface area contributed by atoms with Crippen molar-refractivity contribution in [3.8, 4) is 12.8 Å². The summed E-state index contributed by atoms with van der Waals surface area (Å²) >= 11 is 0. The van der Waals surface area contributed by atoms with Gasteiger partial charge in [-0.3, -0.25) is 0 Å². The van der Waals surface area contributed by atoms with Crippen molar-refractivity contribution in [1.29, 1.82) is 0 Å². The van der Waals surface area contributed by atoms with E-state index in [-0.39, 0.29) is 0 Å². The van der Waals surface area contributed by atoms with Crippen molar-refractivity contribution in [2.24, 2.45) is 0 Å². The maximum Gasteiger partial charge on any atom is 0.150 e. The second kappa shape index (κ2) is 5.06. The fourth-order valence-corrected chi connectivity index (χ4v) is 0.532. The molecule has 3 N–H and O–H groups in total. The molecule has 0 unspecified atom stereocenters. The molecule has 1 heterocycles. The lowest BCUT2D eigenvalue weighted by Gasteiger charge is -1.99. The van der Waals surface area contributed by atoms with Gasteiger partial charge in [0.15, 0.2) is 0 Å². The number of nitrogens with zero attached hydrogens (tertiary/aromatic N) is 2.